The van der Waals surface area contributed by atoms with Crippen LogP contribution in [0.5, 0.6) is 0 Å². The summed E-state index contributed by atoms with van der Waals surface area (Å²) in [4.78, 5) is 11.0. The van der Waals surface area contributed by atoms with Gasteiger partial charge >= 0.3 is 12.2 Å². The maximum absolute atomic E-state index is 14.0. The van der Waals surface area contributed by atoms with Crippen LogP contribution in [0, 0.1) is 11.2 Å². The maximum atomic E-state index is 14.0. The van der Waals surface area contributed by atoms with Crippen molar-refractivity contribution in [1.29, 1.82) is 0 Å². The summed E-state index contributed by atoms with van der Waals surface area (Å²) in [6.07, 6.45) is -7.64. The van der Waals surface area contributed by atoms with Gasteiger partial charge in [0.15, 0.2) is 0 Å². The molecule has 0 unspecified atom stereocenters. The van der Waals surface area contributed by atoms with Gasteiger partial charge < -0.3 is 16.4 Å². The van der Waals surface area contributed by atoms with Crippen molar-refractivity contribution >= 4 is 11.7 Å². The summed E-state index contributed by atoms with van der Waals surface area (Å²) < 4.78 is 79.5. The number of rotatable bonds is 6. The molecule has 2 rings (SSSR count). The van der Waals surface area contributed by atoms with E-state index >= 15 is 0 Å². The largest absolute Gasteiger partial charge is 0.396 e. The number of halogens is 6. The molecule has 2 amide bonds. The number of anilines is 1. The lowest BCUT2D eigenvalue weighted by atomic mass is 9.91. The highest BCUT2D eigenvalue weighted by molar-refractivity contribution is 5.73. The molecule has 1 saturated carbocycles. The average molecular weight is 369 g/mol. The van der Waals surface area contributed by atoms with E-state index in [0.717, 1.165) is 25.1 Å². The molecule has 0 spiro atoms. The van der Waals surface area contributed by atoms with Crippen molar-refractivity contribution in [3.63, 3.8) is 0 Å². The first-order valence-electron chi connectivity index (χ1n) is 7.38. The van der Waals surface area contributed by atoms with Gasteiger partial charge in [0.1, 0.15) is 11.4 Å². The molecule has 4 N–H and O–H groups in total. The lowest BCUT2D eigenvalue weighted by molar-refractivity contribution is -0.182. The number of benzene rings is 1. The number of nitrogens with one attached hydrogen (secondary N) is 2. The molecule has 0 heterocycles. The fourth-order valence-corrected chi connectivity index (χ4v) is 2.51. The van der Waals surface area contributed by atoms with Gasteiger partial charge in [0.2, 0.25) is 0 Å². The molecule has 0 radical (unpaired) electrons. The second-order valence-corrected chi connectivity index (χ2v) is 6.32. The van der Waals surface area contributed by atoms with Gasteiger partial charge in [0.25, 0.3) is 6.43 Å². The molecule has 1 fully saturated rings. The minimum atomic E-state index is -4.38. The van der Waals surface area contributed by atoms with Crippen LogP contribution in [0.3, 0.4) is 0 Å². The van der Waals surface area contributed by atoms with Crippen LogP contribution in [0.25, 0.3) is 0 Å². The lowest BCUT2D eigenvalue weighted by Crippen LogP contribution is -2.51. The van der Waals surface area contributed by atoms with Gasteiger partial charge in [-0.25, -0.2) is 18.0 Å². The predicted molar refractivity (Wildman–Crippen MR) is 78.7 cm³/mol. The number of hydrogen-bond donors (Lipinski definition) is 3. The minimum absolute atomic E-state index is 0.0322. The van der Waals surface area contributed by atoms with E-state index in [1.807, 2.05) is 0 Å². The van der Waals surface area contributed by atoms with Crippen molar-refractivity contribution in [1.82, 2.24) is 5.32 Å². The van der Waals surface area contributed by atoms with Crippen LogP contribution in [0.15, 0.2) is 18.2 Å². The van der Waals surface area contributed by atoms with Crippen LogP contribution < -0.4 is 16.4 Å². The van der Waals surface area contributed by atoms with Gasteiger partial charge in [-0.1, -0.05) is 0 Å². The third-order valence-corrected chi connectivity index (χ3v) is 4.43. The number of alkyl halides is 5. The molecule has 0 aliphatic heterocycles. The summed E-state index contributed by atoms with van der Waals surface area (Å²) in [6, 6.07) is 1.65. The highest BCUT2D eigenvalue weighted by Crippen LogP contribution is 2.57. The topological polar surface area (TPSA) is 67.1 Å². The molecule has 1 aliphatic rings. The Balaban J connectivity index is 2.26. The summed E-state index contributed by atoms with van der Waals surface area (Å²) in [5.74, 6) is -1.04. The summed E-state index contributed by atoms with van der Waals surface area (Å²) in [7, 11) is 0. The fraction of sp³-hybridized carbons (Fsp3) is 0.533. The van der Waals surface area contributed by atoms with E-state index in [0.29, 0.717) is 0 Å². The quantitative estimate of drug-likeness (QED) is 0.669. The van der Waals surface area contributed by atoms with Gasteiger partial charge in [-0.05, 0) is 38.0 Å². The molecule has 1 aromatic rings. The molecular weight excluding hydrogens is 352 g/mol. The summed E-state index contributed by atoms with van der Waals surface area (Å²) in [6.45, 7) is 0.429. The first-order valence-corrected chi connectivity index (χ1v) is 7.38. The van der Waals surface area contributed by atoms with Crippen molar-refractivity contribution in [3.8, 4) is 0 Å². The Bertz CT molecular complexity index is 659. The Kier molecular flexibility index (Phi) is 4.84. The van der Waals surface area contributed by atoms with Gasteiger partial charge in [0.05, 0.1) is 5.41 Å². The Morgan fingerprint density at radius 2 is 1.92 bits per heavy atom. The van der Waals surface area contributed by atoms with Gasteiger partial charge in [0, 0.05) is 17.8 Å². The third kappa shape index (κ3) is 3.77. The van der Waals surface area contributed by atoms with Crippen LogP contribution in [0.4, 0.5) is 36.8 Å². The second kappa shape index (κ2) is 6.30. The molecule has 0 aromatic heterocycles. The molecule has 1 aliphatic carbocycles. The Hall–Kier alpha value is -2.13. The number of nitrogens with two attached hydrogens (primary N) is 1. The number of carbonyl (C=O) groups is 1. The molecule has 0 saturated heterocycles. The van der Waals surface area contributed by atoms with Crippen LogP contribution in [0.2, 0.25) is 0 Å². The normalized spacial score (nSPS) is 18.6. The molecule has 25 heavy (non-hydrogen) atoms. The van der Waals surface area contributed by atoms with E-state index in [-0.39, 0.29) is 18.5 Å². The number of hydrogen-bond acceptors (Lipinski definition) is 2. The summed E-state index contributed by atoms with van der Waals surface area (Å²) >= 11 is 0. The zero-order valence-corrected chi connectivity index (χ0v) is 13.2. The second-order valence-electron chi connectivity index (χ2n) is 6.32. The molecule has 10 heteroatoms. The molecule has 140 valence electrons. The van der Waals surface area contributed by atoms with Crippen molar-refractivity contribution < 1.29 is 31.1 Å². The van der Waals surface area contributed by atoms with E-state index in [1.165, 1.54) is 0 Å². The number of amides is 2. The Morgan fingerprint density at radius 1 is 1.32 bits per heavy atom. The summed E-state index contributed by atoms with van der Waals surface area (Å²) in [5.41, 5.74) is 0.0494. The first-order chi connectivity index (χ1) is 11.4. The van der Waals surface area contributed by atoms with Gasteiger partial charge in [-0.3, -0.25) is 0 Å². The van der Waals surface area contributed by atoms with Crippen molar-refractivity contribution in [3.05, 3.63) is 29.6 Å². The lowest BCUT2D eigenvalue weighted by Gasteiger charge is -2.30. The van der Waals surface area contributed by atoms with Gasteiger partial charge in [-0.2, -0.15) is 13.2 Å². The zero-order valence-electron chi connectivity index (χ0n) is 13.2. The number of urea groups is 1. The van der Waals surface area contributed by atoms with Crippen LogP contribution in [-0.2, 0) is 5.54 Å². The van der Waals surface area contributed by atoms with Crippen molar-refractivity contribution in [2.75, 3.05) is 11.9 Å². The molecule has 4 nitrogen and oxygen atoms in total. The Morgan fingerprint density at radius 3 is 2.36 bits per heavy atom. The van der Waals surface area contributed by atoms with Gasteiger partial charge in [-0.15, -0.1) is 0 Å². The van der Waals surface area contributed by atoms with E-state index in [2.05, 4.69) is 5.32 Å². The molecule has 1 aromatic carbocycles. The predicted octanol–water partition coefficient (Wildman–Crippen LogP) is 3.73. The monoisotopic (exact) mass is 369 g/mol. The van der Waals surface area contributed by atoms with E-state index in [1.54, 1.807) is 5.32 Å². The van der Waals surface area contributed by atoms with E-state index in [9.17, 15) is 31.1 Å². The average Bonchev–Trinajstić information content (AvgIpc) is 3.26. The van der Waals surface area contributed by atoms with Crippen LogP contribution in [-0.4, -0.2) is 25.2 Å². The fourth-order valence-electron chi connectivity index (χ4n) is 2.51. The number of carbonyl (C=O) groups excluding carboxylic acids is 1. The van der Waals surface area contributed by atoms with E-state index < -0.39 is 47.5 Å². The van der Waals surface area contributed by atoms with E-state index in [4.69, 9.17) is 5.73 Å². The highest BCUT2D eigenvalue weighted by atomic mass is 19.4. The van der Waals surface area contributed by atoms with Crippen molar-refractivity contribution in [2.24, 2.45) is 11.1 Å². The Labute approximate surface area is 139 Å². The zero-order chi connectivity index (χ0) is 19.0. The number of primary amides is 1. The molecule has 1 atom stereocenters. The molecular formula is C15H17F6N3O. The third-order valence-electron chi connectivity index (χ3n) is 4.43. The van der Waals surface area contributed by atoms with Crippen LogP contribution >= 0.6 is 0 Å². The van der Waals surface area contributed by atoms with Crippen LogP contribution in [0.1, 0.15) is 25.3 Å². The standard InChI is InChI=1S/C15H17F6N3O/c1-13(11(17)18,24-12(22)25)9-6-8(2-3-10(9)16)23-7-14(4-5-14)15(19,20)21/h2-3,6,11,23H,4-5,7H2,1H3,(H3,22,24,25)/t13-/m0/s1. The maximum Gasteiger partial charge on any atom is 0.396 e. The minimum Gasteiger partial charge on any atom is -0.384 e. The first kappa shape index (κ1) is 19.2. The SMILES string of the molecule is C[C@](NC(N)=O)(c1cc(NCC2(C(F)(F)F)CC2)ccc1F)C(F)F. The van der Waals surface area contributed by atoms with Crippen molar-refractivity contribution in [2.45, 2.75) is 37.9 Å². The summed E-state index contributed by atoms with van der Waals surface area (Å²) in [5, 5.41) is 4.30. The molecule has 0 bridgehead atoms. The smallest absolute Gasteiger partial charge is 0.384 e. The highest BCUT2D eigenvalue weighted by Gasteiger charge is 2.62.